The summed E-state index contributed by atoms with van der Waals surface area (Å²) in [7, 11) is 0. The van der Waals surface area contributed by atoms with Crippen LogP contribution >= 0.6 is 15.9 Å². The predicted molar refractivity (Wildman–Crippen MR) is 58.7 cm³/mol. The molecule has 0 N–H and O–H groups in total. The van der Waals surface area contributed by atoms with Crippen molar-refractivity contribution in [2.45, 2.75) is 10.7 Å². The van der Waals surface area contributed by atoms with Crippen LogP contribution in [-0.2, 0) is 9.47 Å². The maximum Gasteiger partial charge on any atom is 0.433 e. The summed E-state index contributed by atoms with van der Waals surface area (Å²) in [6.07, 6.45) is -0.982. The van der Waals surface area contributed by atoms with Crippen LogP contribution in [0.1, 0.15) is 12.1 Å². The van der Waals surface area contributed by atoms with Crippen molar-refractivity contribution in [3.05, 3.63) is 38.1 Å². The molecule has 0 saturated carbocycles. The first-order valence-electron chi connectivity index (χ1n) is 4.73. The van der Waals surface area contributed by atoms with Gasteiger partial charge in [0, 0.05) is 20.9 Å². The lowest BCUT2D eigenvalue weighted by atomic mass is 10.3. The molecule has 0 atom stereocenters. The molecule has 9 nitrogen and oxygen atoms in total. The summed E-state index contributed by atoms with van der Waals surface area (Å²) in [5, 5.41) is 21.1. The molecule has 1 aliphatic rings. The molecule has 10 heteroatoms. The fourth-order valence-electron chi connectivity index (χ4n) is 1.33. The number of nitro groups is 2. The Balaban J connectivity index is 2.05. The number of furan rings is 1. The van der Waals surface area contributed by atoms with Crippen LogP contribution < -0.4 is 0 Å². The topological polar surface area (TPSA) is 118 Å². The van der Waals surface area contributed by atoms with E-state index in [0.717, 1.165) is 6.07 Å². The van der Waals surface area contributed by atoms with Gasteiger partial charge < -0.3 is 13.9 Å². The van der Waals surface area contributed by atoms with Gasteiger partial charge >= 0.3 is 10.3 Å². The van der Waals surface area contributed by atoms with E-state index in [9.17, 15) is 20.2 Å². The molecule has 0 aliphatic carbocycles. The lowest BCUT2D eigenvalue weighted by Crippen LogP contribution is -2.45. The molecule has 0 bridgehead atoms. The molecular formula is C8H7BrN2O7. The second-order valence-corrected chi connectivity index (χ2v) is 5.04. The molecule has 2 rings (SSSR count). The molecule has 2 heterocycles. The lowest BCUT2D eigenvalue weighted by Gasteiger charge is -2.28. The summed E-state index contributed by atoms with van der Waals surface area (Å²) in [6.45, 7) is -0.474. The van der Waals surface area contributed by atoms with Crippen LogP contribution in [0.4, 0.5) is 5.88 Å². The van der Waals surface area contributed by atoms with E-state index in [1.54, 1.807) is 0 Å². The largest absolute Gasteiger partial charge is 0.433 e. The standard InChI is InChI=1S/C8H7BrN2O7/c9-8(11(14)15)3-16-7(17-4-8)5-1-2-6(18-5)10(12)13/h1-2,7H,3-4H2. The second kappa shape index (κ2) is 4.63. The van der Waals surface area contributed by atoms with Crippen molar-refractivity contribution in [2.24, 2.45) is 0 Å². The van der Waals surface area contributed by atoms with Crippen LogP contribution in [-0.4, -0.2) is 27.5 Å². The Morgan fingerprint density at radius 3 is 2.33 bits per heavy atom. The van der Waals surface area contributed by atoms with Crippen molar-refractivity contribution in [1.82, 2.24) is 0 Å². The number of hydrogen-bond donors (Lipinski definition) is 0. The Morgan fingerprint density at radius 2 is 1.89 bits per heavy atom. The van der Waals surface area contributed by atoms with Crippen molar-refractivity contribution < 1.29 is 23.7 Å². The van der Waals surface area contributed by atoms with Crippen LogP contribution in [0.25, 0.3) is 0 Å². The molecule has 18 heavy (non-hydrogen) atoms. The second-order valence-electron chi connectivity index (χ2n) is 3.56. The van der Waals surface area contributed by atoms with E-state index in [2.05, 4.69) is 15.9 Å². The molecule has 0 radical (unpaired) electrons. The zero-order chi connectivity index (χ0) is 13.3. The molecular weight excluding hydrogens is 316 g/mol. The van der Waals surface area contributed by atoms with Gasteiger partial charge in [-0.15, -0.1) is 0 Å². The van der Waals surface area contributed by atoms with Crippen LogP contribution in [0, 0.1) is 20.2 Å². The summed E-state index contributed by atoms with van der Waals surface area (Å²) in [6, 6.07) is 2.49. The summed E-state index contributed by atoms with van der Waals surface area (Å²) < 4.78 is 13.6. The number of nitrogens with zero attached hydrogens (tertiary/aromatic N) is 2. The number of rotatable bonds is 3. The maximum absolute atomic E-state index is 10.7. The van der Waals surface area contributed by atoms with Gasteiger partial charge in [0.05, 0.1) is 6.07 Å². The van der Waals surface area contributed by atoms with Crippen molar-refractivity contribution in [2.75, 3.05) is 13.2 Å². The summed E-state index contributed by atoms with van der Waals surface area (Å²) in [5.41, 5.74) is 0. The van der Waals surface area contributed by atoms with Gasteiger partial charge in [-0.3, -0.25) is 20.2 Å². The average Bonchev–Trinajstić information content (AvgIpc) is 2.79. The van der Waals surface area contributed by atoms with Crippen LogP contribution in [0.2, 0.25) is 0 Å². The third kappa shape index (κ3) is 2.35. The molecule has 1 saturated heterocycles. The molecule has 1 aromatic rings. The van der Waals surface area contributed by atoms with Gasteiger partial charge in [0.1, 0.15) is 18.1 Å². The Labute approximate surface area is 108 Å². The van der Waals surface area contributed by atoms with Gasteiger partial charge in [0.15, 0.2) is 5.76 Å². The molecule has 1 aliphatic heterocycles. The van der Waals surface area contributed by atoms with Crippen molar-refractivity contribution >= 4 is 21.8 Å². The van der Waals surface area contributed by atoms with E-state index in [1.807, 2.05) is 0 Å². The van der Waals surface area contributed by atoms with Gasteiger partial charge in [-0.1, -0.05) is 0 Å². The predicted octanol–water partition coefficient (Wildman–Crippen LogP) is 1.60. The minimum absolute atomic E-state index is 0.0968. The number of ether oxygens (including phenoxy) is 2. The van der Waals surface area contributed by atoms with Gasteiger partial charge in [0.2, 0.25) is 6.29 Å². The summed E-state index contributed by atoms with van der Waals surface area (Å²) in [5.74, 6) is -0.346. The van der Waals surface area contributed by atoms with Crippen LogP contribution in [0.5, 0.6) is 0 Å². The monoisotopic (exact) mass is 322 g/mol. The lowest BCUT2D eigenvalue weighted by molar-refractivity contribution is -0.557. The molecule has 0 amide bonds. The highest BCUT2D eigenvalue weighted by atomic mass is 79.9. The van der Waals surface area contributed by atoms with E-state index in [4.69, 9.17) is 13.9 Å². The van der Waals surface area contributed by atoms with E-state index < -0.39 is 26.5 Å². The van der Waals surface area contributed by atoms with E-state index in [-0.39, 0.29) is 19.0 Å². The Hall–Kier alpha value is -1.52. The fourth-order valence-corrected chi connectivity index (χ4v) is 1.60. The normalized spacial score (nSPS) is 27.9. The highest BCUT2D eigenvalue weighted by molar-refractivity contribution is 9.10. The van der Waals surface area contributed by atoms with Gasteiger partial charge in [-0.05, 0) is 6.07 Å². The SMILES string of the molecule is O=[N+]([O-])c1ccc(C2OCC(Br)([N+](=O)[O-])CO2)o1. The third-order valence-corrected chi connectivity index (χ3v) is 3.01. The number of halogens is 1. The van der Waals surface area contributed by atoms with E-state index in [1.165, 1.54) is 6.07 Å². The maximum atomic E-state index is 10.7. The minimum Gasteiger partial charge on any atom is -0.400 e. The average molecular weight is 323 g/mol. The Morgan fingerprint density at radius 1 is 1.28 bits per heavy atom. The first kappa shape index (κ1) is 12.9. The number of hydrogen-bond acceptors (Lipinski definition) is 7. The molecule has 0 spiro atoms. The van der Waals surface area contributed by atoms with Crippen molar-refractivity contribution in [3.63, 3.8) is 0 Å². The summed E-state index contributed by atoms with van der Waals surface area (Å²) >= 11 is 2.90. The molecule has 98 valence electrons. The van der Waals surface area contributed by atoms with Crippen LogP contribution in [0.15, 0.2) is 16.5 Å². The Kier molecular flexibility index (Phi) is 3.32. The highest BCUT2D eigenvalue weighted by Crippen LogP contribution is 2.33. The molecule has 1 fully saturated rings. The Bertz CT molecular complexity index is 480. The summed E-state index contributed by atoms with van der Waals surface area (Å²) in [4.78, 5) is 19.9. The zero-order valence-electron chi connectivity index (χ0n) is 8.78. The third-order valence-electron chi connectivity index (χ3n) is 2.26. The van der Waals surface area contributed by atoms with E-state index >= 15 is 0 Å². The first-order chi connectivity index (χ1) is 8.42. The van der Waals surface area contributed by atoms with Gasteiger partial charge in [0.25, 0.3) is 0 Å². The number of alkyl halides is 1. The van der Waals surface area contributed by atoms with Gasteiger partial charge in [-0.2, -0.15) is 0 Å². The smallest absolute Gasteiger partial charge is 0.400 e. The zero-order valence-corrected chi connectivity index (χ0v) is 10.4. The van der Waals surface area contributed by atoms with Crippen molar-refractivity contribution in [3.8, 4) is 0 Å². The molecule has 0 unspecified atom stereocenters. The quantitative estimate of drug-likeness (QED) is 0.359. The van der Waals surface area contributed by atoms with Gasteiger partial charge in [-0.25, -0.2) is 0 Å². The van der Waals surface area contributed by atoms with E-state index in [0.29, 0.717) is 0 Å². The van der Waals surface area contributed by atoms with Crippen LogP contribution in [0.3, 0.4) is 0 Å². The fraction of sp³-hybridized carbons (Fsp3) is 0.500. The highest BCUT2D eigenvalue weighted by Gasteiger charge is 2.46. The van der Waals surface area contributed by atoms with Crippen molar-refractivity contribution in [1.29, 1.82) is 0 Å². The molecule has 0 aromatic carbocycles. The first-order valence-corrected chi connectivity index (χ1v) is 5.52. The minimum atomic E-state index is -1.50. The molecule has 1 aromatic heterocycles.